The Morgan fingerprint density at radius 1 is 1.45 bits per heavy atom. The van der Waals surface area contributed by atoms with Crippen LogP contribution in [0.2, 0.25) is 0 Å². The summed E-state index contributed by atoms with van der Waals surface area (Å²) in [6.07, 6.45) is 2.30. The van der Waals surface area contributed by atoms with Gasteiger partial charge in [0.2, 0.25) is 0 Å². The highest BCUT2D eigenvalue weighted by molar-refractivity contribution is 5.95. The molecule has 1 unspecified atom stereocenters. The summed E-state index contributed by atoms with van der Waals surface area (Å²) in [7, 11) is 3.31. The topological polar surface area (TPSA) is 75.5 Å². The summed E-state index contributed by atoms with van der Waals surface area (Å²) < 4.78 is 0. The van der Waals surface area contributed by atoms with Crippen LogP contribution in [-0.2, 0) is 0 Å². The number of anilines is 1. The van der Waals surface area contributed by atoms with Crippen LogP contribution in [0, 0.1) is 16.0 Å². The standard InChI is InChI=1S/C14H19N3O3/c1-9(10-4-5-10)15-12-8-11(14(18)16(2)3)6-7-13(12)17(19)20/h6-10,15H,4-5H2,1-3H3. The van der Waals surface area contributed by atoms with Crippen molar-refractivity contribution in [3.05, 3.63) is 33.9 Å². The van der Waals surface area contributed by atoms with Gasteiger partial charge in [-0.2, -0.15) is 0 Å². The van der Waals surface area contributed by atoms with Crippen LogP contribution in [0.3, 0.4) is 0 Å². The van der Waals surface area contributed by atoms with E-state index in [1.54, 1.807) is 20.2 Å². The summed E-state index contributed by atoms with van der Waals surface area (Å²) in [6.45, 7) is 2.02. The zero-order valence-corrected chi connectivity index (χ0v) is 11.9. The molecule has 1 aromatic rings. The number of carbonyl (C=O) groups is 1. The van der Waals surface area contributed by atoms with E-state index in [1.165, 1.54) is 17.0 Å². The first kappa shape index (κ1) is 14.3. The van der Waals surface area contributed by atoms with E-state index >= 15 is 0 Å². The molecule has 1 fully saturated rings. The fraction of sp³-hybridized carbons (Fsp3) is 0.500. The largest absolute Gasteiger partial charge is 0.377 e. The molecule has 0 bridgehead atoms. The van der Waals surface area contributed by atoms with Gasteiger partial charge in [0.1, 0.15) is 5.69 Å². The van der Waals surface area contributed by atoms with Crippen LogP contribution in [0.1, 0.15) is 30.1 Å². The number of nitrogens with one attached hydrogen (secondary N) is 1. The maximum atomic E-state index is 11.9. The van der Waals surface area contributed by atoms with Gasteiger partial charge in [0.15, 0.2) is 0 Å². The lowest BCUT2D eigenvalue weighted by Crippen LogP contribution is -2.23. The lowest BCUT2D eigenvalue weighted by molar-refractivity contribution is -0.384. The first-order chi connectivity index (χ1) is 9.40. The molecule has 1 N–H and O–H groups in total. The Bertz CT molecular complexity index is 538. The molecule has 0 aromatic heterocycles. The first-order valence-corrected chi connectivity index (χ1v) is 6.66. The molecule has 0 aliphatic heterocycles. The Morgan fingerprint density at radius 3 is 2.60 bits per heavy atom. The molecule has 108 valence electrons. The van der Waals surface area contributed by atoms with Gasteiger partial charge in [-0.3, -0.25) is 14.9 Å². The molecule has 0 spiro atoms. The average Bonchev–Trinajstić information content (AvgIpc) is 3.21. The molecule has 0 saturated heterocycles. The second-order valence-corrected chi connectivity index (χ2v) is 5.46. The van der Waals surface area contributed by atoms with Crippen LogP contribution in [0.4, 0.5) is 11.4 Å². The molecule has 20 heavy (non-hydrogen) atoms. The number of rotatable bonds is 5. The van der Waals surface area contributed by atoms with Crippen molar-refractivity contribution < 1.29 is 9.72 Å². The maximum absolute atomic E-state index is 11.9. The number of nitrogens with zero attached hydrogens (tertiary/aromatic N) is 2. The summed E-state index contributed by atoms with van der Waals surface area (Å²) in [5, 5.41) is 14.2. The number of nitro benzene ring substituents is 1. The second-order valence-electron chi connectivity index (χ2n) is 5.46. The number of amides is 1. The number of nitro groups is 1. The fourth-order valence-electron chi connectivity index (χ4n) is 2.16. The van der Waals surface area contributed by atoms with Crippen molar-refractivity contribution in [3.63, 3.8) is 0 Å². The maximum Gasteiger partial charge on any atom is 0.292 e. The molecule has 0 heterocycles. The molecule has 1 aliphatic carbocycles. The van der Waals surface area contributed by atoms with Crippen molar-refractivity contribution in [1.82, 2.24) is 4.90 Å². The lowest BCUT2D eigenvalue weighted by atomic mass is 10.1. The number of hydrogen-bond acceptors (Lipinski definition) is 4. The van der Waals surface area contributed by atoms with Gasteiger partial charge in [0, 0.05) is 31.8 Å². The van der Waals surface area contributed by atoms with Crippen LogP contribution in [-0.4, -0.2) is 35.9 Å². The second kappa shape index (κ2) is 5.48. The van der Waals surface area contributed by atoms with Gasteiger partial charge in [-0.05, 0) is 37.8 Å². The van der Waals surface area contributed by atoms with Crippen molar-refractivity contribution >= 4 is 17.3 Å². The van der Waals surface area contributed by atoms with Gasteiger partial charge < -0.3 is 10.2 Å². The minimum Gasteiger partial charge on any atom is -0.377 e. The Morgan fingerprint density at radius 2 is 2.10 bits per heavy atom. The minimum atomic E-state index is -0.425. The van der Waals surface area contributed by atoms with Crippen molar-refractivity contribution in [2.24, 2.45) is 5.92 Å². The summed E-state index contributed by atoms with van der Waals surface area (Å²) in [4.78, 5) is 24.0. The molecule has 1 aromatic carbocycles. The van der Waals surface area contributed by atoms with Crippen molar-refractivity contribution in [2.75, 3.05) is 19.4 Å². The molecule has 1 amide bonds. The van der Waals surface area contributed by atoms with Gasteiger partial charge in [-0.25, -0.2) is 0 Å². The zero-order chi connectivity index (χ0) is 14.9. The Labute approximate surface area is 117 Å². The monoisotopic (exact) mass is 277 g/mol. The molecule has 1 aliphatic rings. The smallest absolute Gasteiger partial charge is 0.292 e. The number of carbonyl (C=O) groups excluding carboxylic acids is 1. The average molecular weight is 277 g/mol. The normalized spacial score (nSPS) is 15.6. The van der Waals surface area contributed by atoms with E-state index in [1.807, 2.05) is 6.92 Å². The predicted molar refractivity (Wildman–Crippen MR) is 76.9 cm³/mol. The van der Waals surface area contributed by atoms with E-state index in [0.717, 1.165) is 12.8 Å². The highest BCUT2D eigenvalue weighted by Gasteiger charge is 2.29. The van der Waals surface area contributed by atoms with E-state index in [0.29, 0.717) is 17.2 Å². The molecule has 1 saturated carbocycles. The fourth-order valence-corrected chi connectivity index (χ4v) is 2.16. The van der Waals surface area contributed by atoms with Crippen LogP contribution in [0.5, 0.6) is 0 Å². The van der Waals surface area contributed by atoms with Crippen molar-refractivity contribution in [3.8, 4) is 0 Å². The Hall–Kier alpha value is -2.11. The van der Waals surface area contributed by atoms with E-state index in [4.69, 9.17) is 0 Å². The van der Waals surface area contributed by atoms with Crippen molar-refractivity contribution in [1.29, 1.82) is 0 Å². The van der Waals surface area contributed by atoms with Gasteiger partial charge in [0.25, 0.3) is 11.6 Å². The molecular weight excluding hydrogens is 258 g/mol. The number of benzene rings is 1. The molecule has 6 heteroatoms. The summed E-state index contributed by atoms with van der Waals surface area (Å²) in [6, 6.07) is 4.63. The highest BCUT2D eigenvalue weighted by Crippen LogP contribution is 2.36. The van der Waals surface area contributed by atoms with E-state index in [-0.39, 0.29) is 17.6 Å². The molecule has 1 atom stereocenters. The van der Waals surface area contributed by atoms with Crippen LogP contribution < -0.4 is 5.32 Å². The van der Waals surface area contributed by atoms with E-state index in [2.05, 4.69) is 5.32 Å². The molecule has 6 nitrogen and oxygen atoms in total. The Balaban J connectivity index is 2.30. The third kappa shape index (κ3) is 3.07. The van der Waals surface area contributed by atoms with Gasteiger partial charge >= 0.3 is 0 Å². The van der Waals surface area contributed by atoms with Gasteiger partial charge in [-0.1, -0.05) is 0 Å². The molecular formula is C14H19N3O3. The zero-order valence-electron chi connectivity index (χ0n) is 11.9. The summed E-state index contributed by atoms with van der Waals surface area (Å²) in [5.41, 5.74) is 0.876. The quantitative estimate of drug-likeness (QED) is 0.662. The Kier molecular flexibility index (Phi) is 3.92. The van der Waals surface area contributed by atoms with E-state index in [9.17, 15) is 14.9 Å². The number of hydrogen-bond donors (Lipinski definition) is 1. The summed E-state index contributed by atoms with van der Waals surface area (Å²) >= 11 is 0. The first-order valence-electron chi connectivity index (χ1n) is 6.66. The van der Waals surface area contributed by atoms with Gasteiger partial charge in [-0.15, -0.1) is 0 Å². The van der Waals surface area contributed by atoms with E-state index < -0.39 is 4.92 Å². The summed E-state index contributed by atoms with van der Waals surface area (Å²) in [5.74, 6) is 0.407. The lowest BCUT2D eigenvalue weighted by Gasteiger charge is -2.16. The minimum absolute atomic E-state index is 0.00723. The van der Waals surface area contributed by atoms with Gasteiger partial charge in [0.05, 0.1) is 4.92 Å². The molecule has 2 rings (SSSR count). The third-order valence-corrected chi connectivity index (χ3v) is 3.56. The molecule has 0 radical (unpaired) electrons. The predicted octanol–water partition coefficient (Wildman–Crippen LogP) is 2.51. The van der Waals surface area contributed by atoms with Crippen LogP contribution in [0.25, 0.3) is 0 Å². The highest BCUT2D eigenvalue weighted by atomic mass is 16.6. The third-order valence-electron chi connectivity index (χ3n) is 3.56. The van der Waals surface area contributed by atoms with Crippen LogP contribution in [0.15, 0.2) is 18.2 Å². The van der Waals surface area contributed by atoms with Crippen molar-refractivity contribution in [2.45, 2.75) is 25.8 Å². The van der Waals surface area contributed by atoms with Crippen LogP contribution >= 0.6 is 0 Å². The SMILES string of the molecule is CC(Nc1cc(C(=O)N(C)C)ccc1[N+](=O)[O-])C1CC1.